The molecule has 1 aromatic carbocycles. The molecule has 0 fully saturated rings. The van der Waals surface area contributed by atoms with Crippen LogP contribution in [0.15, 0.2) is 18.2 Å². The Morgan fingerprint density at radius 3 is 2.83 bits per heavy atom. The smallest absolute Gasteiger partial charge is 0.212 e. The lowest BCUT2D eigenvalue weighted by Gasteiger charge is -2.08. The molecular formula is C12H14N4O2. The minimum atomic E-state index is -0.0270. The molecule has 94 valence electrons. The molecule has 0 aliphatic carbocycles. The van der Waals surface area contributed by atoms with Gasteiger partial charge in [-0.25, -0.2) is 0 Å². The first-order valence-corrected chi connectivity index (χ1v) is 5.53. The monoisotopic (exact) mass is 246 g/mol. The van der Waals surface area contributed by atoms with Gasteiger partial charge in [-0.05, 0) is 31.2 Å². The zero-order chi connectivity index (χ0) is 13.1. The number of aromatic nitrogens is 4. The van der Waals surface area contributed by atoms with Crippen molar-refractivity contribution in [2.24, 2.45) is 7.05 Å². The number of hydrogen-bond acceptors (Lipinski definition) is 5. The maximum absolute atomic E-state index is 11.5. The van der Waals surface area contributed by atoms with E-state index in [2.05, 4.69) is 15.4 Å². The lowest BCUT2D eigenvalue weighted by atomic mass is 10.1. The van der Waals surface area contributed by atoms with Crippen LogP contribution in [0.5, 0.6) is 5.75 Å². The Balaban J connectivity index is 2.16. The van der Waals surface area contributed by atoms with E-state index in [1.165, 1.54) is 11.7 Å². The third-order valence-electron chi connectivity index (χ3n) is 2.42. The number of carbonyl (C=O) groups excluding carboxylic acids is 1. The summed E-state index contributed by atoms with van der Waals surface area (Å²) in [4.78, 5) is 12.9. The highest BCUT2D eigenvalue weighted by atomic mass is 16.5. The van der Waals surface area contributed by atoms with E-state index in [0.717, 1.165) is 5.56 Å². The molecule has 6 heteroatoms. The number of aryl methyl sites for hydroxylation is 2. The number of ketones is 1. The minimum absolute atomic E-state index is 0.0270. The van der Waals surface area contributed by atoms with Crippen LogP contribution < -0.4 is 4.74 Å². The Labute approximate surface area is 105 Å². The van der Waals surface area contributed by atoms with Crippen molar-refractivity contribution in [2.45, 2.75) is 20.5 Å². The number of carbonyl (C=O) groups is 1. The molecule has 0 atom stereocenters. The summed E-state index contributed by atoms with van der Waals surface area (Å²) in [5.74, 6) is 0.994. The van der Waals surface area contributed by atoms with Gasteiger partial charge in [-0.3, -0.25) is 4.79 Å². The van der Waals surface area contributed by atoms with Gasteiger partial charge in [0.25, 0.3) is 0 Å². The fourth-order valence-corrected chi connectivity index (χ4v) is 1.57. The molecular weight excluding hydrogens is 232 g/mol. The first-order valence-electron chi connectivity index (χ1n) is 5.53. The second kappa shape index (κ2) is 4.95. The second-order valence-electron chi connectivity index (χ2n) is 4.04. The van der Waals surface area contributed by atoms with Crippen LogP contribution in [0.25, 0.3) is 0 Å². The molecule has 18 heavy (non-hydrogen) atoms. The average Bonchev–Trinajstić information content (AvgIpc) is 2.73. The van der Waals surface area contributed by atoms with E-state index >= 15 is 0 Å². The first-order chi connectivity index (χ1) is 8.56. The molecule has 1 heterocycles. The van der Waals surface area contributed by atoms with E-state index in [1.54, 1.807) is 13.1 Å². The minimum Gasteiger partial charge on any atom is -0.485 e. The molecule has 0 aliphatic heterocycles. The zero-order valence-corrected chi connectivity index (χ0v) is 10.5. The van der Waals surface area contributed by atoms with E-state index in [0.29, 0.717) is 17.1 Å². The van der Waals surface area contributed by atoms with E-state index in [1.807, 2.05) is 19.1 Å². The zero-order valence-electron chi connectivity index (χ0n) is 10.5. The van der Waals surface area contributed by atoms with Crippen LogP contribution in [0.2, 0.25) is 0 Å². The number of tetrazole rings is 1. The number of nitrogens with zero attached hydrogens (tertiary/aromatic N) is 4. The van der Waals surface area contributed by atoms with Crippen LogP contribution in [-0.4, -0.2) is 26.0 Å². The van der Waals surface area contributed by atoms with Gasteiger partial charge < -0.3 is 4.74 Å². The highest BCUT2D eigenvalue weighted by Gasteiger charge is 2.10. The third-order valence-corrected chi connectivity index (χ3v) is 2.42. The fourth-order valence-electron chi connectivity index (χ4n) is 1.57. The van der Waals surface area contributed by atoms with Gasteiger partial charge in [-0.1, -0.05) is 11.6 Å². The van der Waals surface area contributed by atoms with Crippen LogP contribution in [0, 0.1) is 6.92 Å². The normalized spacial score (nSPS) is 10.4. The van der Waals surface area contributed by atoms with Crippen LogP contribution >= 0.6 is 0 Å². The molecule has 0 radical (unpaired) electrons. The van der Waals surface area contributed by atoms with Gasteiger partial charge in [-0.2, -0.15) is 4.80 Å². The molecule has 2 rings (SSSR count). The van der Waals surface area contributed by atoms with Gasteiger partial charge in [0.15, 0.2) is 12.4 Å². The van der Waals surface area contributed by atoms with Gasteiger partial charge in [-0.15, -0.1) is 10.2 Å². The summed E-state index contributed by atoms with van der Waals surface area (Å²) >= 11 is 0. The van der Waals surface area contributed by atoms with Crippen molar-refractivity contribution in [3.05, 3.63) is 35.2 Å². The molecule has 1 aromatic heterocycles. The van der Waals surface area contributed by atoms with Crippen molar-refractivity contribution >= 4 is 5.78 Å². The summed E-state index contributed by atoms with van der Waals surface area (Å²) in [7, 11) is 1.68. The van der Waals surface area contributed by atoms with Gasteiger partial charge in [0, 0.05) is 0 Å². The Hall–Kier alpha value is -2.24. The number of ether oxygens (including phenoxy) is 1. The van der Waals surface area contributed by atoms with E-state index in [4.69, 9.17) is 4.74 Å². The Morgan fingerprint density at radius 1 is 1.44 bits per heavy atom. The molecule has 0 spiro atoms. The number of rotatable bonds is 4. The standard InChI is InChI=1S/C12H14N4O2/c1-8-4-5-11(10(6-8)9(2)17)18-7-12-13-15-16(3)14-12/h4-6H,7H2,1-3H3. The molecule has 6 nitrogen and oxygen atoms in total. The fraction of sp³-hybridized carbons (Fsp3) is 0.333. The SMILES string of the molecule is CC(=O)c1cc(C)ccc1OCc1nnn(C)n1. The molecule has 0 N–H and O–H groups in total. The predicted octanol–water partition coefficient (Wildman–Crippen LogP) is 1.30. The molecule has 0 aliphatic rings. The summed E-state index contributed by atoms with van der Waals surface area (Å²) in [5, 5.41) is 11.5. The van der Waals surface area contributed by atoms with Crippen molar-refractivity contribution < 1.29 is 9.53 Å². The van der Waals surface area contributed by atoms with Crippen LogP contribution in [0.3, 0.4) is 0 Å². The Bertz CT molecular complexity index is 577. The topological polar surface area (TPSA) is 69.9 Å². The highest BCUT2D eigenvalue weighted by molar-refractivity contribution is 5.97. The molecule has 0 saturated heterocycles. The van der Waals surface area contributed by atoms with Gasteiger partial charge >= 0.3 is 0 Å². The Morgan fingerprint density at radius 2 is 2.22 bits per heavy atom. The maximum Gasteiger partial charge on any atom is 0.212 e. The lowest BCUT2D eigenvalue weighted by molar-refractivity contribution is 0.101. The van der Waals surface area contributed by atoms with Crippen molar-refractivity contribution in [1.29, 1.82) is 0 Å². The van der Waals surface area contributed by atoms with Crippen LogP contribution in [-0.2, 0) is 13.7 Å². The largest absolute Gasteiger partial charge is 0.485 e. The van der Waals surface area contributed by atoms with Crippen LogP contribution in [0.1, 0.15) is 28.7 Å². The van der Waals surface area contributed by atoms with Gasteiger partial charge in [0.05, 0.1) is 12.6 Å². The molecule has 0 bridgehead atoms. The van der Waals surface area contributed by atoms with Crippen LogP contribution in [0.4, 0.5) is 0 Å². The van der Waals surface area contributed by atoms with Crippen molar-refractivity contribution in [2.75, 3.05) is 0 Å². The summed E-state index contributed by atoms with van der Waals surface area (Å²) in [6.45, 7) is 3.64. The molecule has 2 aromatic rings. The van der Waals surface area contributed by atoms with Crippen molar-refractivity contribution in [3.63, 3.8) is 0 Å². The first kappa shape index (κ1) is 12.2. The van der Waals surface area contributed by atoms with E-state index in [-0.39, 0.29) is 12.4 Å². The highest BCUT2D eigenvalue weighted by Crippen LogP contribution is 2.21. The number of Topliss-reactive ketones (excluding diaryl/α,β-unsaturated/α-hetero) is 1. The van der Waals surface area contributed by atoms with Gasteiger partial charge in [0.2, 0.25) is 5.82 Å². The van der Waals surface area contributed by atoms with Crippen molar-refractivity contribution in [3.8, 4) is 5.75 Å². The Kier molecular flexibility index (Phi) is 3.36. The number of hydrogen-bond donors (Lipinski definition) is 0. The molecule has 0 unspecified atom stereocenters. The van der Waals surface area contributed by atoms with Crippen molar-refractivity contribution in [1.82, 2.24) is 20.2 Å². The van der Waals surface area contributed by atoms with E-state index < -0.39 is 0 Å². The summed E-state index contributed by atoms with van der Waals surface area (Å²) in [5.41, 5.74) is 1.59. The summed E-state index contributed by atoms with van der Waals surface area (Å²) < 4.78 is 5.55. The average molecular weight is 246 g/mol. The predicted molar refractivity (Wildman–Crippen MR) is 64.3 cm³/mol. The lowest BCUT2D eigenvalue weighted by Crippen LogP contribution is -2.03. The maximum atomic E-state index is 11.5. The summed E-state index contributed by atoms with van der Waals surface area (Å²) in [6.07, 6.45) is 0. The molecule has 0 amide bonds. The third kappa shape index (κ3) is 2.71. The van der Waals surface area contributed by atoms with E-state index in [9.17, 15) is 4.79 Å². The van der Waals surface area contributed by atoms with Gasteiger partial charge in [0.1, 0.15) is 5.75 Å². The number of benzene rings is 1. The summed E-state index contributed by atoms with van der Waals surface area (Å²) in [6, 6.07) is 5.48. The second-order valence-corrected chi connectivity index (χ2v) is 4.04. The molecule has 0 saturated carbocycles. The quantitative estimate of drug-likeness (QED) is 0.760.